The molecule has 0 aliphatic heterocycles. The molecule has 0 atom stereocenters. The normalized spacial score (nSPS) is 10.7. The number of non-ortho nitro benzene ring substituents is 1. The van der Waals surface area contributed by atoms with Gasteiger partial charge in [-0.3, -0.25) is 19.7 Å². The van der Waals surface area contributed by atoms with E-state index < -0.39 is 16.7 Å². The quantitative estimate of drug-likeness (QED) is 0.251. The maximum Gasteiger partial charge on any atom is 0.329 e. The lowest BCUT2D eigenvalue weighted by molar-refractivity contribution is -0.384. The number of hydrogen-bond acceptors (Lipinski definition) is 7. The fourth-order valence-corrected chi connectivity index (χ4v) is 2.84. The Hall–Kier alpha value is -4.47. The van der Waals surface area contributed by atoms with Crippen LogP contribution in [0, 0.1) is 17.0 Å². The number of carbonyl (C=O) groups is 2. The Kier molecular flexibility index (Phi) is 6.96. The van der Waals surface area contributed by atoms with Gasteiger partial charge in [0.15, 0.2) is 0 Å². The van der Waals surface area contributed by atoms with Crippen molar-refractivity contribution in [1.29, 1.82) is 0 Å². The first-order valence-electron chi connectivity index (χ1n) is 9.60. The topological polar surface area (TPSA) is 136 Å². The van der Waals surface area contributed by atoms with Crippen LogP contribution in [0.2, 0.25) is 0 Å². The van der Waals surface area contributed by atoms with Gasteiger partial charge >= 0.3 is 11.8 Å². The van der Waals surface area contributed by atoms with Crippen molar-refractivity contribution in [1.82, 2.24) is 5.43 Å². The average molecular weight is 436 g/mol. The summed E-state index contributed by atoms with van der Waals surface area (Å²) in [5.41, 5.74) is 3.85. The van der Waals surface area contributed by atoms with E-state index >= 15 is 0 Å². The summed E-state index contributed by atoms with van der Waals surface area (Å²) < 4.78 is 11.0. The van der Waals surface area contributed by atoms with Gasteiger partial charge in [-0.2, -0.15) is 5.10 Å². The predicted molar refractivity (Wildman–Crippen MR) is 118 cm³/mol. The van der Waals surface area contributed by atoms with Crippen molar-refractivity contribution in [3.63, 3.8) is 0 Å². The van der Waals surface area contributed by atoms with Gasteiger partial charge in [0.05, 0.1) is 23.4 Å². The van der Waals surface area contributed by atoms with E-state index in [-0.39, 0.29) is 5.69 Å². The Labute approximate surface area is 183 Å². The van der Waals surface area contributed by atoms with E-state index in [4.69, 9.17) is 9.15 Å². The molecule has 32 heavy (non-hydrogen) atoms. The number of furan rings is 1. The molecule has 0 aliphatic rings. The molecule has 10 nitrogen and oxygen atoms in total. The molecule has 0 saturated heterocycles. The van der Waals surface area contributed by atoms with E-state index in [0.717, 1.165) is 0 Å². The number of benzene rings is 2. The Morgan fingerprint density at radius 2 is 1.94 bits per heavy atom. The van der Waals surface area contributed by atoms with Crippen molar-refractivity contribution in [3.8, 4) is 17.1 Å². The largest absolute Gasteiger partial charge is 0.492 e. The number of nitro benzene ring substituents is 1. The van der Waals surface area contributed by atoms with Crippen LogP contribution in [-0.2, 0) is 9.59 Å². The SMILES string of the molecule is CCOc1ccccc1NC(=O)C(=O)NN=Cc1ccc(-c2ccc([N+](=O)[O-])cc2C)o1. The van der Waals surface area contributed by atoms with Crippen LogP contribution in [0.4, 0.5) is 11.4 Å². The molecule has 3 aromatic rings. The van der Waals surface area contributed by atoms with Gasteiger partial charge in [0.1, 0.15) is 17.3 Å². The molecule has 10 heteroatoms. The monoisotopic (exact) mass is 436 g/mol. The third-order valence-corrected chi connectivity index (χ3v) is 4.31. The van der Waals surface area contributed by atoms with E-state index in [2.05, 4.69) is 15.8 Å². The smallest absolute Gasteiger partial charge is 0.329 e. The van der Waals surface area contributed by atoms with Crippen molar-refractivity contribution in [2.24, 2.45) is 5.10 Å². The zero-order valence-electron chi connectivity index (χ0n) is 17.3. The first kappa shape index (κ1) is 22.2. The number of aryl methyl sites for hydroxylation is 1. The number of hydrogen-bond donors (Lipinski definition) is 2. The highest BCUT2D eigenvalue weighted by Crippen LogP contribution is 2.28. The average Bonchev–Trinajstić information content (AvgIpc) is 3.23. The minimum atomic E-state index is -0.967. The number of rotatable bonds is 7. The summed E-state index contributed by atoms with van der Waals surface area (Å²) in [6.45, 7) is 3.96. The highest BCUT2D eigenvalue weighted by atomic mass is 16.6. The number of amides is 2. The zero-order valence-corrected chi connectivity index (χ0v) is 17.3. The molecular formula is C22H20N4O6. The van der Waals surface area contributed by atoms with Crippen molar-refractivity contribution in [3.05, 3.63) is 76.0 Å². The second-order valence-electron chi connectivity index (χ2n) is 6.54. The van der Waals surface area contributed by atoms with Gasteiger partial charge in [0.25, 0.3) is 5.69 Å². The standard InChI is InChI=1S/C22H20N4O6/c1-3-31-20-7-5-4-6-18(20)24-21(27)22(28)25-23-13-16-9-11-19(32-16)17-10-8-15(26(29)30)12-14(17)2/h4-13H,3H2,1-2H3,(H,24,27)(H,25,28). The Morgan fingerprint density at radius 3 is 2.66 bits per heavy atom. The molecule has 1 aromatic heterocycles. The molecule has 3 rings (SSSR count). The summed E-state index contributed by atoms with van der Waals surface area (Å²) in [7, 11) is 0. The third kappa shape index (κ3) is 5.36. The number of anilines is 1. The lowest BCUT2D eigenvalue weighted by Gasteiger charge is -2.10. The lowest BCUT2D eigenvalue weighted by atomic mass is 10.1. The molecule has 0 radical (unpaired) electrons. The van der Waals surface area contributed by atoms with Crippen LogP contribution in [0.1, 0.15) is 18.2 Å². The number of hydrazone groups is 1. The summed E-state index contributed by atoms with van der Waals surface area (Å²) in [5, 5.41) is 17.1. The number of nitro groups is 1. The first-order chi connectivity index (χ1) is 15.4. The van der Waals surface area contributed by atoms with E-state index in [1.54, 1.807) is 49.4 Å². The molecule has 0 bridgehead atoms. The minimum Gasteiger partial charge on any atom is -0.492 e. The number of ether oxygens (including phenoxy) is 1. The summed E-state index contributed by atoms with van der Waals surface area (Å²) in [6, 6.07) is 14.5. The van der Waals surface area contributed by atoms with E-state index in [9.17, 15) is 19.7 Å². The van der Waals surface area contributed by atoms with Crippen LogP contribution in [0.3, 0.4) is 0 Å². The maximum atomic E-state index is 12.1. The minimum absolute atomic E-state index is 0.00976. The van der Waals surface area contributed by atoms with Crippen molar-refractivity contribution >= 4 is 29.4 Å². The van der Waals surface area contributed by atoms with Gasteiger partial charge in [-0.15, -0.1) is 0 Å². The molecule has 1 heterocycles. The van der Waals surface area contributed by atoms with Crippen LogP contribution < -0.4 is 15.5 Å². The summed E-state index contributed by atoms with van der Waals surface area (Å²) in [5.74, 6) is -0.624. The van der Waals surface area contributed by atoms with E-state index in [1.807, 2.05) is 6.92 Å². The number of carbonyl (C=O) groups excluding carboxylic acids is 2. The lowest BCUT2D eigenvalue weighted by Crippen LogP contribution is -2.32. The molecule has 2 N–H and O–H groups in total. The van der Waals surface area contributed by atoms with Gasteiger partial charge in [-0.05, 0) is 49.7 Å². The van der Waals surface area contributed by atoms with Crippen LogP contribution in [-0.4, -0.2) is 29.6 Å². The second-order valence-corrected chi connectivity index (χ2v) is 6.54. The molecule has 0 unspecified atom stereocenters. The summed E-state index contributed by atoms with van der Waals surface area (Å²) in [6.07, 6.45) is 1.24. The van der Waals surface area contributed by atoms with Crippen molar-refractivity contribution in [2.45, 2.75) is 13.8 Å². The fraction of sp³-hybridized carbons (Fsp3) is 0.136. The Balaban J connectivity index is 1.61. The first-order valence-corrected chi connectivity index (χ1v) is 9.60. The van der Waals surface area contributed by atoms with Crippen molar-refractivity contribution < 1.29 is 23.7 Å². The summed E-state index contributed by atoms with van der Waals surface area (Å²) >= 11 is 0. The zero-order chi connectivity index (χ0) is 23.1. The highest BCUT2D eigenvalue weighted by Gasteiger charge is 2.15. The molecular weight excluding hydrogens is 416 g/mol. The molecule has 2 aromatic carbocycles. The van der Waals surface area contributed by atoms with E-state index in [1.165, 1.54) is 18.3 Å². The maximum absolute atomic E-state index is 12.1. The molecule has 0 spiro atoms. The molecule has 2 amide bonds. The van der Waals surface area contributed by atoms with E-state index in [0.29, 0.717) is 40.7 Å². The molecule has 0 aliphatic carbocycles. The van der Waals surface area contributed by atoms with Gasteiger partial charge in [-0.25, -0.2) is 5.43 Å². The van der Waals surface area contributed by atoms with Crippen LogP contribution in [0.5, 0.6) is 5.75 Å². The van der Waals surface area contributed by atoms with Gasteiger partial charge < -0.3 is 14.5 Å². The highest BCUT2D eigenvalue weighted by molar-refractivity contribution is 6.39. The van der Waals surface area contributed by atoms with Gasteiger partial charge in [0, 0.05) is 17.7 Å². The molecule has 0 fully saturated rings. The summed E-state index contributed by atoms with van der Waals surface area (Å²) in [4.78, 5) is 34.5. The van der Waals surface area contributed by atoms with Crippen LogP contribution in [0.15, 0.2) is 64.1 Å². The number of nitrogens with one attached hydrogen (secondary N) is 2. The number of para-hydroxylation sites is 2. The van der Waals surface area contributed by atoms with Crippen LogP contribution in [0.25, 0.3) is 11.3 Å². The Bertz CT molecular complexity index is 1180. The third-order valence-electron chi connectivity index (χ3n) is 4.31. The van der Waals surface area contributed by atoms with Gasteiger partial charge in [0.2, 0.25) is 0 Å². The molecule has 0 saturated carbocycles. The van der Waals surface area contributed by atoms with Crippen molar-refractivity contribution in [2.75, 3.05) is 11.9 Å². The van der Waals surface area contributed by atoms with Gasteiger partial charge in [-0.1, -0.05) is 12.1 Å². The fourth-order valence-electron chi connectivity index (χ4n) is 2.84. The molecule has 164 valence electrons. The Morgan fingerprint density at radius 1 is 1.16 bits per heavy atom. The predicted octanol–water partition coefficient (Wildman–Crippen LogP) is 3.65. The van der Waals surface area contributed by atoms with Crippen LogP contribution >= 0.6 is 0 Å². The second kappa shape index (κ2) is 10.0. The number of nitrogens with zero attached hydrogens (tertiary/aromatic N) is 2.